The molecular formula is C9H9FN2O2S. The Morgan fingerprint density at radius 3 is 2.60 bits per heavy atom. The average Bonchev–Trinajstić information content (AvgIpc) is 2.15. The number of carbonyl (C=O) groups is 1. The average molecular weight is 228 g/mol. The summed E-state index contributed by atoms with van der Waals surface area (Å²) in [4.78, 5) is 10.5. The van der Waals surface area contributed by atoms with Crippen LogP contribution in [0.3, 0.4) is 0 Å². The molecule has 0 radical (unpaired) electrons. The van der Waals surface area contributed by atoms with Crippen LogP contribution < -0.4 is 16.2 Å². The van der Waals surface area contributed by atoms with E-state index in [1.807, 2.05) is 0 Å². The number of amides is 1. The Balaban J connectivity index is 2.83. The first-order valence-electron chi connectivity index (χ1n) is 4.01. The van der Waals surface area contributed by atoms with Crippen LogP contribution >= 0.6 is 12.2 Å². The van der Waals surface area contributed by atoms with Crippen LogP contribution in [-0.2, 0) is 4.79 Å². The first-order valence-corrected chi connectivity index (χ1v) is 4.42. The maximum Gasteiger partial charge on any atom is 0.255 e. The molecule has 0 saturated heterocycles. The number of thiocarbonyl (C=S) groups is 1. The van der Waals surface area contributed by atoms with Crippen molar-refractivity contribution in [3.63, 3.8) is 0 Å². The van der Waals surface area contributed by atoms with Gasteiger partial charge in [-0.2, -0.15) is 0 Å². The summed E-state index contributed by atoms with van der Waals surface area (Å²) in [6, 6.07) is 3.98. The molecule has 15 heavy (non-hydrogen) atoms. The van der Waals surface area contributed by atoms with Gasteiger partial charge < -0.3 is 16.2 Å². The summed E-state index contributed by atoms with van der Waals surface area (Å²) >= 11 is 4.67. The van der Waals surface area contributed by atoms with E-state index in [-0.39, 0.29) is 17.3 Å². The third kappa shape index (κ3) is 3.17. The second-order valence-corrected chi connectivity index (χ2v) is 3.20. The van der Waals surface area contributed by atoms with E-state index < -0.39 is 11.7 Å². The summed E-state index contributed by atoms with van der Waals surface area (Å²) in [7, 11) is 0. The molecule has 4 N–H and O–H groups in total. The summed E-state index contributed by atoms with van der Waals surface area (Å²) in [6.07, 6.45) is 0. The molecule has 0 aliphatic carbocycles. The molecule has 0 bridgehead atoms. The van der Waals surface area contributed by atoms with Crippen molar-refractivity contribution in [1.29, 1.82) is 0 Å². The highest BCUT2D eigenvalue weighted by Crippen LogP contribution is 2.18. The number of nitrogens with two attached hydrogens (primary N) is 2. The molecule has 1 aromatic rings. The predicted octanol–water partition coefficient (Wildman–Crippen LogP) is 0.324. The topological polar surface area (TPSA) is 78.3 Å². The highest BCUT2D eigenvalue weighted by atomic mass is 32.1. The summed E-state index contributed by atoms with van der Waals surface area (Å²) in [5.74, 6) is -1.37. The number of primary amides is 1. The summed E-state index contributed by atoms with van der Waals surface area (Å²) < 4.78 is 18.1. The van der Waals surface area contributed by atoms with Gasteiger partial charge in [0.1, 0.15) is 4.99 Å². The Hall–Kier alpha value is -1.69. The zero-order chi connectivity index (χ0) is 11.4. The molecular weight excluding hydrogens is 219 g/mol. The van der Waals surface area contributed by atoms with Gasteiger partial charge in [0.05, 0.1) is 0 Å². The van der Waals surface area contributed by atoms with E-state index in [1.165, 1.54) is 12.1 Å². The highest BCUT2D eigenvalue weighted by molar-refractivity contribution is 7.80. The summed E-state index contributed by atoms with van der Waals surface area (Å²) in [5, 5.41) is 0. The highest BCUT2D eigenvalue weighted by Gasteiger charge is 2.07. The lowest BCUT2D eigenvalue weighted by Crippen LogP contribution is -2.20. The molecule has 80 valence electrons. The molecule has 6 heteroatoms. The molecule has 0 saturated carbocycles. The molecule has 0 atom stereocenters. The summed E-state index contributed by atoms with van der Waals surface area (Å²) in [5.41, 5.74) is 10.5. The quantitative estimate of drug-likeness (QED) is 0.728. The normalized spacial score (nSPS) is 9.67. The Morgan fingerprint density at radius 2 is 2.13 bits per heavy atom. The Bertz CT molecular complexity index is 409. The van der Waals surface area contributed by atoms with E-state index in [9.17, 15) is 9.18 Å². The maximum absolute atomic E-state index is 13.3. The zero-order valence-electron chi connectivity index (χ0n) is 7.70. The van der Waals surface area contributed by atoms with Gasteiger partial charge in [0.25, 0.3) is 5.91 Å². The molecule has 0 unspecified atom stereocenters. The standard InChI is InChI=1S/C9H9FN2O2S/c10-6-3-5(9(12)15)1-2-7(6)14-4-8(11)13/h1-3H,4H2,(H2,11,13)(H2,12,15). The van der Waals surface area contributed by atoms with Crippen LogP contribution in [-0.4, -0.2) is 17.5 Å². The van der Waals surface area contributed by atoms with Crippen LogP contribution in [0.4, 0.5) is 4.39 Å². The van der Waals surface area contributed by atoms with Gasteiger partial charge in [-0.3, -0.25) is 4.79 Å². The fourth-order valence-corrected chi connectivity index (χ4v) is 1.05. The van der Waals surface area contributed by atoms with Gasteiger partial charge in [0.15, 0.2) is 18.2 Å². The van der Waals surface area contributed by atoms with Gasteiger partial charge in [0.2, 0.25) is 0 Å². The van der Waals surface area contributed by atoms with Gasteiger partial charge in [0, 0.05) is 5.56 Å². The minimum atomic E-state index is -0.673. The summed E-state index contributed by atoms with van der Waals surface area (Å²) in [6.45, 7) is -0.372. The van der Waals surface area contributed by atoms with Crippen LogP contribution in [0, 0.1) is 5.82 Å². The van der Waals surface area contributed by atoms with Crippen LogP contribution in [0.25, 0.3) is 0 Å². The lowest BCUT2D eigenvalue weighted by atomic mass is 10.2. The lowest BCUT2D eigenvalue weighted by molar-refractivity contribution is -0.120. The van der Waals surface area contributed by atoms with Crippen LogP contribution in [0.5, 0.6) is 5.75 Å². The molecule has 0 fully saturated rings. The monoisotopic (exact) mass is 228 g/mol. The first-order chi connectivity index (χ1) is 7.00. The molecule has 0 aliphatic rings. The molecule has 4 nitrogen and oxygen atoms in total. The van der Waals surface area contributed by atoms with Crippen molar-refractivity contribution in [2.24, 2.45) is 11.5 Å². The van der Waals surface area contributed by atoms with Crippen molar-refractivity contribution in [2.75, 3.05) is 6.61 Å². The molecule has 0 aliphatic heterocycles. The smallest absolute Gasteiger partial charge is 0.255 e. The number of carbonyl (C=O) groups excluding carboxylic acids is 1. The van der Waals surface area contributed by atoms with Crippen molar-refractivity contribution in [3.05, 3.63) is 29.6 Å². The largest absolute Gasteiger partial charge is 0.481 e. The van der Waals surface area contributed by atoms with Crippen LogP contribution in [0.2, 0.25) is 0 Å². The second-order valence-electron chi connectivity index (χ2n) is 2.76. The second kappa shape index (κ2) is 4.70. The number of hydrogen-bond donors (Lipinski definition) is 2. The SMILES string of the molecule is NC(=O)COc1ccc(C(N)=S)cc1F. The molecule has 0 spiro atoms. The van der Waals surface area contributed by atoms with Crippen molar-refractivity contribution in [1.82, 2.24) is 0 Å². The van der Waals surface area contributed by atoms with Crippen LogP contribution in [0.15, 0.2) is 18.2 Å². The van der Waals surface area contributed by atoms with Crippen molar-refractivity contribution >= 4 is 23.1 Å². The van der Waals surface area contributed by atoms with E-state index in [0.717, 1.165) is 6.07 Å². The lowest BCUT2D eigenvalue weighted by Gasteiger charge is -2.06. The molecule has 0 heterocycles. The van der Waals surface area contributed by atoms with Gasteiger partial charge in [-0.25, -0.2) is 4.39 Å². The molecule has 1 aromatic carbocycles. The number of halogens is 1. The van der Waals surface area contributed by atoms with Gasteiger partial charge in [-0.05, 0) is 18.2 Å². The first kappa shape index (κ1) is 11.4. The third-order valence-corrected chi connectivity index (χ3v) is 1.82. The maximum atomic E-state index is 13.3. The number of hydrogen-bond acceptors (Lipinski definition) is 3. The number of rotatable bonds is 4. The molecule has 1 amide bonds. The van der Waals surface area contributed by atoms with E-state index >= 15 is 0 Å². The van der Waals surface area contributed by atoms with E-state index in [1.54, 1.807) is 0 Å². The minimum absolute atomic E-state index is 0.0613. The van der Waals surface area contributed by atoms with E-state index in [0.29, 0.717) is 5.56 Å². The third-order valence-electron chi connectivity index (χ3n) is 1.59. The van der Waals surface area contributed by atoms with Gasteiger partial charge in [-0.15, -0.1) is 0 Å². The van der Waals surface area contributed by atoms with E-state index in [2.05, 4.69) is 12.2 Å². The van der Waals surface area contributed by atoms with Crippen molar-refractivity contribution < 1.29 is 13.9 Å². The van der Waals surface area contributed by atoms with Gasteiger partial charge >= 0.3 is 0 Å². The Morgan fingerprint density at radius 1 is 1.47 bits per heavy atom. The fourth-order valence-electron chi connectivity index (χ4n) is 0.920. The Labute approximate surface area is 91.0 Å². The van der Waals surface area contributed by atoms with Gasteiger partial charge in [-0.1, -0.05) is 12.2 Å². The van der Waals surface area contributed by atoms with Crippen molar-refractivity contribution in [2.45, 2.75) is 0 Å². The van der Waals surface area contributed by atoms with E-state index in [4.69, 9.17) is 16.2 Å². The number of benzene rings is 1. The van der Waals surface area contributed by atoms with Crippen molar-refractivity contribution in [3.8, 4) is 5.75 Å². The van der Waals surface area contributed by atoms with Crippen LogP contribution in [0.1, 0.15) is 5.56 Å². The molecule has 0 aromatic heterocycles. The number of ether oxygens (including phenoxy) is 1. The minimum Gasteiger partial charge on any atom is -0.481 e. The predicted molar refractivity (Wildman–Crippen MR) is 57.0 cm³/mol. The zero-order valence-corrected chi connectivity index (χ0v) is 8.51. The molecule has 1 rings (SSSR count). The fraction of sp³-hybridized carbons (Fsp3) is 0.111. The Kier molecular flexibility index (Phi) is 3.56.